The van der Waals surface area contributed by atoms with Gasteiger partial charge in [-0.1, -0.05) is 25.8 Å². The van der Waals surface area contributed by atoms with Gasteiger partial charge in [-0.2, -0.15) is 0 Å². The lowest BCUT2D eigenvalue weighted by Gasteiger charge is -2.39. The number of piperazine rings is 1. The van der Waals surface area contributed by atoms with Gasteiger partial charge in [0, 0.05) is 44.1 Å². The zero-order chi connectivity index (χ0) is 19.2. The van der Waals surface area contributed by atoms with Gasteiger partial charge in [-0.05, 0) is 55.4 Å². The molecule has 1 saturated heterocycles. The summed E-state index contributed by atoms with van der Waals surface area (Å²) in [7, 11) is 0. The van der Waals surface area contributed by atoms with Crippen LogP contribution in [0.5, 0.6) is 0 Å². The van der Waals surface area contributed by atoms with Crippen molar-refractivity contribution >= 4 is 12.1 Å². The Bertz CT molecular complexity index is 674. The quantitative estimate of drug-likeness (QED) is 0.724. The molecule has 0 aromatic heterocycles. The van der Waals surface area contributed by atoms with E-state index in [-0.39, 0.29) is 5.82 Å². The fourth-order valence-electron chi connectivity index (χ4n) is 4.50. The highest BCUT2D eigenvalue weighted by atomic mass is 19.1. The maximum absolute atomic E-state index is 13.9. The van der Waals surface area contributed by atoms with Crippen molar-refractivity contribution in [2.24, 2.45) is 5.92 Å². The predicted molar refractivity (Wildman–Crippen MR) is 108 cm³/mol. The Morgan fingerprint density at radius 3 is 2.56 bits per heavy atom. The van der Waals surface area contributed by atoms with Crippen molar-refractivity contribution in [1.29, 1.82) is 0 Å². The van der Waals surface area contributed by atoms with E-state index in [1.165, 1.54) is 31.7 Å². The number of hydrogen-bond donors (Lipinski definition) is 1. The Morgan fingerprint density at radius 1 is 1.22 bits per heavy atom. The fourth-order valence-corrected chi connectivity index (χ4v) is 4.50. The van der Waals surface area contributed by atoms with Crippen molar-refractivity contribution in [2.75, 3.05) is 31.5 Å². The number of rotatable bonds is 7. The lowest BCUT2D eigenvalue weighted by Crippen LogP contribution is -2.46. The summed E-state index contributed by atoms with van der Waals surface area (Å²) in [5.41, 5.74) is 4.03. The van der Waals surface area contributed by atoms with Crippen molar-refractivity contribution in [3.05, 3.63) is 40.8 Å². The second-order valence-corrected chi connectivity index (χ2v) is 7.78. The largest absolute Gasteiger partial charge is 0.372 e. The highest BCUT2D eigenvalue weighted by Gasteiger charge is 2.26. The Hall–Kier alpha value is -1.88. The zero-order valence-corrected chi connectivity index (χ0v) is 16.6. The minimum absolute atomic E-state index is 0.298. The van der Waals surface area contributed by atoms with Gasteiger partial charge in [0.1, 0.15) is 5.82 Å². The topological polar surface area (TPSA) is 35.6 Å². The van der Waals surface area contributed by atoms with Crippen LogP contribution in [0, 0.1) is 18.7 Å². The van der Waals surface area contributed by atoms with E-state index >= 15 is 0 Å². The normalized spacial score (nSPS) is 19.5. The lowest BCUT2D eigenvalue weighted by atomic mass is 10.0. The number of hydrogen-bond acceptors (Lipinski definition) is 3. The average Bonchev–Trinajstić information content (AvgIpc) is 3.19. The summed E-state index contributed by atoms with van der Waals surface area (Å²) in [6, 6.07) is 2.98. The van der Waals surface area contributed by atoms with Gasteiger partial charge < -0.3 is 10.2 Å². The second kappa shape index (κ2) is 9.36. The Labute approximate surface area is 162 Å². The van der Waals surface area contributed by atoms with Crippen LogP contribution in [-0.4, -0.2) is 42.4 Å². The average molecular weight is 374 g/mol. The molecule has 1 aromatic carbocycles. The molecule has 27 heavy (non-hydrogen) atoms. The molecule has 1 amide bonds. The van der Waals surface area contributed by atoms with E-state index in [9.17, 15) is 9.18 Å². The van der Waals surface area contributed by atoms with Crippen LogP contribution < -0.4 is 5.32 Å². The molecule has 4 nitrogen and oxygen atoms in total. The molecule has 0 spiro atoms. The van der Waals surface area contributed by atoms with Crippen LogP contribution in [-0.2, 0) is 11.3 Å². The molecular formula is C22H32FN3O. The first-order chi connectivity index (χ1) is 13.1. The van der Waals surface area contributed by atoms with E-state index in [1.807, 2.05) is 6.92 Å². The third kappa shape index (κ3) is 4.89. The van der Waals surface area contributed by atoms with Gasteiger partial charge in [0.25, 0.3) is 0 Å². The predicted octanol–water partition coefficient (Wildman–Crippen LogP) is 4.30. The summed E-state index contributed by atoms with van der Waals surface area (Å²) < 4.78 is 13.9. The van der Waals surface area contributed by atoms with Crippen LogP contribution in [0.25, 0.3) is 0 Å². The SMILES string of the molecule is CC/C=C(/C1CCCC1)N1CCN(Cc2cc(F)cc(NC=O)c2C)CC1. The molecule has 2 fully saturated rings. The highest BCUT2D eigenvalue weighted by Crippen LogP contribution is 2.33. The fraction of sp³-hybridized carbons (Fsp3) is 0.591. The Kier molecular flexibility index (Phi) is 6.89. The van der Waals surface area contributed by atoms with Gasteiger partial charge in [0.15, 0.2) is 0 Å². The summed E-state index contributed by atoms with van der Waals surface area (Å²) >= 11 is 0. The first-order valence-corrected chi connectivity index (χ1v) is 10.3. The van der Waals surface area contributed by atoms with E-state index in [0.29, 0.717) is 12.1 Å². The molecule has 1 aliphatic carbocycles. The minimum Gasteiger partial charge on any atom is -0.372 e. The van der Waals surface area contributed by atoms with Gasteiger partial charge in [-0.3, -0.25) is 9.69 Å². The molecule has 1 heterocycles. The third-order valence-corrected chi connectivity index (χ3v) is 6.01. The number of anilines is 1. The summed E-state index contributed by atoms with van der Waals surface area (Å²) in [6.45, 7) is 8.94. The van der Waals surface area contributed by atoms with Crippen molar-refractivity contribution in [2.45, 2.75) is 52.5 Å². The third-order valence-electron chi connectivity index (χ3n) is 6.01. The summed E-state index contributed by atoms with van der Waals surface area (Å²) in [5.74, 6) is 0.451. The first-order valence-electron chi connectivity index (χ1n) is 10.3. The van der Waals surface area contributed by atoms with Crippen molar-refractivity contribution < 1.29 is 9.18 Å². The van der Waals surface area contributed by atoms with E-state index in [0.717, 1.165) is 56.2 Å². The van der Waals surface area contributed by atoms with E-state index in [4.69, 9.17) is 0 Å². The van der Waals surface area contributed by atoms with Crippen LogP contribution in [0.3, 0.4) is 0 Å². The van der Waals surface area contributed by atoms with Crippen molar-refractivity contribution in [1.82, 2.24) is 9.80 Å². The number of carbonyl (C=O) groups is 1. The van der Waals surface area contributed by atoms with E-state index < -0.39 is 0 Å². The molecule has 1 N–H and O–H groups in total. The number of benzene rings is 1. The molecule has 0 atom stereocenters. The molecule has 0 unspecified atom stereocenters. The molecule has 148 valence electrons. The summed E-state index contributed by atoms with van der Waals surface area (Å²) in [4.78, 5) is 15.7. The summed E-state index contributed by atoms with van der Waals surface area (Å²) in [6.07, 6.45) is 9.53. The Balaban J connectivity index is 1.62. The lowest BCUT2D eigenvalue weighted by molar-refractivity contribution is -0.105. The smallest absolute Gasteiger partial charge is 0.211 e. The monoisotopic (exact) mass is 373 g/mol. The number of halogens is 1. The standard InChI is InChI=1S/C22H32FN3O/c1-3-6-22(18-7-4-5-8-18)26-11-9-25(10-12-26)15-19-13-20(23)14-21(17(19)2)24-16-27/h6,13-14,16,18H,3-5,7-12,15H2,1-2H3,(H,24,27)/b22-6-. The second-order valence-electron chi connectivity index (χ2n) is 7.78. The van der Waals surface area contributed by atoms with Gasteiger partial charge in [0.2, 0.25) is 6.41 Å². The van der Waals surface area contributed by atoms with E-state index in [2.05, 4.69) is 28.1 Å². The first kappa shape index (κ1) is 19.9. The zero-order valence-electron chi connectivity index (χ0n) is 16.6. The van der Waals surface area contributed by atoms with Crippen molar-refractivity contribution in [3.8, 4) is 0 Å². The maximum atomic E-state index is 13.9. The molecule has 1 aliphatic heterocycles. The number of carbonyl (C=O) groups excluding carboxylic acids is 1. The Morgan fingerprint density at radius 2 is 1.93 bits per heavy atom. The minimum atomic E-state index is -0.298. The van der Waals surface area contributed by atoms with Gasteiger partial charge in [-0.25, -0.2) is 4.39 Å². The summed E-state index contributed by atoms with van der Waals surface area (Å²) in [5, 5.41) is 2.61. The number of amides is 1. The molecule has 0 radical (unpaired) electrons. The number of nitrogens with zero attached hydrogens (tertiary/aromatic N) is 2. The maximum Gasteiger partial charge on any atom is 0.211 e. The van der Waals surface area contributed by atoms with Crippen LogP contribution in [0.4, 0.5) is 10.1 Å². The molecule has 2 aliphatic rings. The van der Waals surface area contributed by atoms with Crippen LogP contribution in [0.15, 0.2) is 23.9 Å². The number of nitrogens with one attached hydrogen (secondary N) is 1. The van der Waals surface area contributed by atoms with E-state index in [1.54, 1.807) is 11.8 Å². The van der Waals surface area contributed by atoms with Crippen LogP contribution in [0.2, 0.25) is 0 Å². The van der Waals surface area contributed by atoms with Gasteiger partial charge >= 0.3 is 0 Å². The van der Waals surface area contributed by atoms with Crippen LogP contribution in [0.1, 0.15) is 50.2 Å². The molecule has 1 saturated carbocycles. The van der Waals surface area contributed by atoms with Crippen LogP contribution >= 0.6 is 0 Å². The molecular weight excluding hydrogens is 341 g/mol. The molecule has 3 rings (SSSR count). The van der Waals surface area contributed by atoms with Gasteiger partial charge in [-0.15, -0.1) is 0 Å². The highest BCUT2D eigenvalue weighted by molar-refractivity contribution is 5.74. The van der Waals surface area contributed by atoms with Gasteiger partial charge in [0.05, 0.1) is 0 Å². The number of allylic oxidation sites excluding steroid dienone is 2. The molecule has 5 heteroatoms. The molecule has 0 bridgehead atoms. The van der Waals surface area contributed by atoms with Crippen molar-refractivity contribution in [3.63, 3.8) is 0 Å². The molecule has 1 aromatic rings.